The molecule has 1 aliphatic carbocycles. The van der Waals surface area contributed by atoms with Crippen LogP contribution in [0.5, 0.6) is 5.75 Å². The summed E-state index contributed by atoms with van der Waals surface area (Å²) in [7, 11) is 5.59. The quantitative estimate of drug-likeness (QED) is 0.903. The molecule has 1 saturated carbocycles. The molecule has 1 aromatic rings. The van der Waals surface area contributed by atoms with Gasteiger partial charge in [-0.2, -0.15) is 0 Å². The van der Waals surface area contributed by atoms with Gasteiger partial charge < -0.3 is 14.7 Å². The first-order valence-corrected chi connectivity index (χ1v) is 6.97. The standard InChI is InChI=1S/C14H18BrNO3/c1-16(2)13(9-7-10(9)14(17)18)11-6-8(15)4-5-12(11)19-3/h4-6,9-10,13H,7H2,1-3H3,(H,17,18). The van der Waals surface area contributed by atoms with Gasteiger partial charge in [0.15, 0.2) is 0 Å². The molecule has 0 heterocycles. The maximum absolute atomic E-state index is 11.1. The third kappa shape index (κ3) is 2.92. The molecule has 0 amide bonds. The molecule has 5 heteroatoms. The minimum atomic E-state index is -0.703. The van der Waals surface area contributed by atoms with E-state index < -0.39 is 5.97 Å². The molecular formula is C14H18BrNO3. The number of halogens is 1. The van der Waals surface area contributed by atoms with E-state index in [1.54, 1.807) is 7.11 Å². The third-order valence-corrected chi connectivity index (χ3v) is 4.12. The van der Waals surface area contributed by atoms with Gasteiger partial charge in [-0.3, -0.25) is 4.79 Å². The van der Waals surface area contributed by atoms with E-state index in [0.717, 1.165) is 22.2 Å². The molecular weight excluding hydrogens is 310 g/mol. The summed E-state index contributed by atoms with van der Waals surface area (Å²) in [5, 5.41) is 9.12. The number of hydrogen-bond acceptors (Lipinski definition) is 3. The van der Waals surface area contributed by atoms with Crippen molar-refractivity contribution in [2.24, 2.45) is 11.8 Å². The van der Waals surface area contributed by atoms with E-state index in [1.165, 1.54) is 0 Å². The van der Waals surface area contributed by atoms with Crippen molar-refractivity contribution in [3.63, 3.8) is 0 Å². The lowest BCUT2D eigenvalue weighted by Crippen LogP contribution is -2.24. The van der Waals surface area contributed by atoms with Gasteiger partial charge in [0.2, 0.25) is 0 Å². The van der Waals surface area contributed by atoms with Crippen molar-refractivity contribution >= 4 is 21.9 Å². The van der Waals surface area contributed by atoms with Crippen LogP contribution in [0.1, 0.15) is 18.0 Å². The predicted octanol–water partition coefficient (Wildman–Crippen LogP) is 2.78. The molecule has 19 heavy (non-hydrogen) atoms. The predicted molar refractivity (Wildman–Crippen MR) is 76.4 cm³/mol. The van der Waals surface area contributed by atoms with Gasteiger partial charge in [0.25, 0.3) is 0 Å². The van der Waals surface area contributed by atoms with E-state index in [4.69, 9.17) is 9.84 Å². The van der Waals surface area contributed by atoms with Crippen LogP contribution < -0.4 is 4.74 Å². The summed E-state index contributed by atoms with van der Waals surface area (Å²) < 4.78 is 6.38. The van der Waals surface area contributed by atoms with Gasteiger partial charge in [-0.25, -0.2) is 0 Å². The number of ether oxygens (including phenoxy) is 1. The van der Waals surface area contributed by atoms with Crippen LogP contribution >= 0.6 is 15.9 Å². The molecule has 0 saturated heterocycles. The lowest BCUT2D eigenvalue weighted by molar-refractivity contribution is -0.139. The second kappa shape index (κ2) is 5.51. The molecule has 0 aromatic heterocycles. The van der Waals surface area contributed by atoms with Crippen LogP contribution in [0.15, 0.2) is 22.7 Å². The van der Waals surface area contributed by atoms with E-state index in [2.05, 4.69) is 20.8 Å². The van der Waals surface area contributed by atoms with Crippen molar-refractivity contribution in [2.75, 3.05) is 21.2 Å². The summed E-state index contributed by atoms with van der Waals surface area (Å²) in [6.07, 6.45) is 0.730. The van der Waals surface area contributed by atoms with Crippen molar-refractivity contribution in [1.29, 1.82) is 0 Å². The summed E-state index contributed by atoms with van der Waals surface area (Å²) in [4.78, 5) is 13.2. The van der Waals surface area contributed by atoms with Crippen molar-refractivity contribution < 1.29 is 14.6 Å². The number of aliphatic carboxylic acids is 1. The van der Waals surface area contributed by atoms with Crippen molar-refractivity contribution in [2.45, 2.75) is 12.5 Å². The third-order valence-electron chi connectivity index (χ3n) is 3.63. The smallest absolute Gasteiger partial charge is 0.306 e. The van der Waals surface area contributed by atoms with Crippen LogP contribution in [-0.4, -0.2) is 37.2 Å². The normalized spacial score (nSPS) is 23.2. The fourth-order valence-corrected chi connectivity index (χ4v) is 3.05. The van der Waals surface area contributed by atoms with Crippen LogP contribution in [-0.2, 0) is 4.79 Å². The topological polar surface area (TPSA) is 49.8 Å². The highest BCUT2D eigenvalue weighted by molar-refractivity contribution is 9.10. The molecule has 1 fully saturated rings. The molecule has 4 nitrogen and oxygen atoms in total. The second-order valence-corrected chi connectivity index (χ2v) is 6.05. The number of carboxylic acids is 1. The zero-order chi connectivity index (χ0) is 14.2. The van der Waals surface area contributed by atoms with Gasteiger partial charge in [0, 0.05) is 16.1 Å². The van der Waals surface area contributed by atoms with Gasteiger partial charge >= 0.3 is 5.97 Å². The maximum atomic E-state index is 11.1. The molecule has 2 rings (SSSR count). The Morgan fingerprint density at radius 3 is 2.68 bits per heavy atom. The number of rotatable bonds is 5. The number of hydrogen-bond donors (Lipinski definition) is 1. The first-order valence-electron chi connectivity index (χ1n) is 6.18. The molecule has 1 aromatic carbocycles. The Kier molecular flexibility index (Phi) is 4.16. The largest absolute Gasteiger partial charge is 0.496 e. The Bertz CT molecular complexity index is 490. The van der Waals surface area contributed by atoms with Crippen LogP contribution in [0.25, 0.3) is 0 Å². The second-order valence-electron chi connectivity index (χ2n) is 5.14. The van der Waals surface area contributed by atoms with Crippen molar-refractivity contribution in [3.05, 3.63) is 28.2 Å². The minimum absolute atomic E-state index is 0.0635. The fourth-order valence-electron chi connectivity index (χ4n) is 2.68. The monoisotopic (exact) mass is 327 g/mol. The number of carboxylic acid groups (broad SMARTS) is 1. The summed E-state index contributed by atoms with van der Waals surface area (Å²) in [5.74, 6) is 0.00976. The Morgan fingerprint density at radius 2 is 2.21 bits per heavy atom. The van der Waals surface area contributed by atoms with Gasteiger partial charge in [-0.1, -0.05) is 15.9 Å². The Morgan fingerprint density at radius 1 is 1.53 bits per heavy atom. The average molecular weight is 328 g/mol. The first kappa shape index (κ1) is 14.3. The van der Waals surface area contributed by atoms with E-state index in [-0.39, 0.29) is 17.9 Å². The van der Waals surface area contributed by atoms with Crippen LogP contribution in [0.2, 0.25) is 0 Å². The van der Waals surface area contributed by atoms with Crippen LogP contribution in [0.4, 0.5) is 0 Å². The van der Waals surface area contributed by atoms with Crippen LogP contribution in [0.3, 0.4) is 0 Å². The number of methoxy groups -OCH3 is 1. The average Bonchev–Trinajstić information content (AvgIpc) is 3.09. The Labute approximate surface area is 121 Å². The maximum Gasteiger partial charge on any atom is 0.306 e. The van der Waals surface area contributed by atoms with Gasteiger partial charge in [0.05, 0.1) is 13.0 Å². The fraction of sp³-hybridized carbons (Fsp3) is 0.500. The Hall–Kier alpha value is -1.07. The minimum Gasteiger partial charge on any atom is -0.496 e. The number of carbonyl (C=O) groups is 1. The van der Waals surface area contributed by atoms with Crippen molar-refractivity contribution in [3.8, 4) is 5.75 Å². The highest BCUT2D eigenvalue weighted by atomic mass is 79.9. The summed E-state index contributed by atoms with van der Waals surface area (Å²) in [6.45, 7) is 0. The van der Waals surface area contributed by atoms with E-state index in [9.17, 15) is 4.79 Å². The molecule has 104 valence electrons. The molecule has 1 N–H and O–H groups in total. The molecule has 0 radical (unpaired) electrons. The lowest BCUT2D eigenvalue weighted by Gasteiger charge is -2.26. The van der Waals surface area contributed by atoms with Gasteiger partial charge in [0.1, 0.15) is 5.75 Å². The Balaban J connectivity index is 2.35. The number of benzene rings is 1. The van der Waals surface area contributed by atoms with E-state index in [0.29, 0.717) is 0 Å². The summed E-state index contributed by atoms with van der Waals surface area (Å²) >= 11 is 3.47. The highest BCUT2D eigenvalue weighted by Crippen LogP contribution is 2.51. The first-order chi connectivity index (χ1) is 8.95. The summed E-state index contributed by atoms with van der Waals surface area (Å²) in [6, 6.07) is 5.92. The van der Waals surface area contributed by atoms with Crippen molar-refractivity contribution in [1.82, 2.24) is 4.90 Å². The zero-order valence-electron chi connectivity index (χ0n) is 11.3. The molecule has 0 aliphatic heterocycles. The molecule has 0 spiro atoms. The van der Waals surface area contributed by atoms with Gasteiger partial charge in [-0.05, 0) is 44.6 Å². The number of nitrogens with zero attached hydrogens (tertiary/aromatic N) is 1. The molecule has 3 unspecified atom stereocenters. The van der Waals surface area contributed by atoms with E-state index in [1.807, 2.05) is 32.3 Å². The zero-order valence-corrected chi connectivity index (χ0v) is 12.8. The van der Waals surface area contributed by atoms with Crippen LogP contribution in [0, 0.1) is 11.8 Å². The summed E-state index contributed by atoms with van der Waals surface area (Å²) in [5.41, 5.74) is 1.04. The lowest BCUT2D eigenvalue weighted by atomic mass is 9.99. The molecule has 1 aliphatic rings. The van der Waals surface area contributed by atoms with Gasteiger partial charge in [-0.15, -0.1) is 0 Å². The molecule has 0 bridgehead atoms. The van der Waals surface area contributed by atoms with E-state index >= 15 is 0 Å². The SMILES string of the molecule is COc1ccc(Br)cc1C(C1CC1C(=O)O)N(C)C. The highest BCUT2D eigenvalue weighted by Gasteiger charge is 2.49. The molecule has 3 atom stereocenters.